The van der Waals surface area contributed by atoms with Gasteiger partial charge in [0.15, 0.2) is 8.32 Å². The SMILES string of the molecule is CC[Si](CC)(CC)O[C@@H]1CC[C@H](OCc2ccccc2)[C@@H](COCc2ccccc2)O[C@H]1[C@@H](O)CC(=O)C[C@@]1(C)O[C@H]2C[C@@H](OCc3ccccc3)[C@H](CCCOCc3ccccc3)O[C@]2(C)CC[C@@H]1OCc1ccccc1. The van der Waals surface area contributed by atoms with Gasteiger partial charge < -0.3 is 47.4 Å². The van der Waals surface area contributed by atoms with Crippen LogP contribution >= 0.6 is 0 Å². The van der Waals surface area contributed by atoms with Crippen LogP contribution in [-0.2, 0) is 80.1 Å². The van der Waals surface area contributed by atoms with Crippen molar-refractivity contribution in [1.82, 2.24) is 0 Å². The highest BCUT2D eigenvalue weighted by atomic mass is 28.4. The van der Waals surface area contributed by atoms with Crippen molar-refractivity contribution in [3.63, 3.8) is 0 Å². The fourth-order valence-corrected chi connectivity index (χ4v) is 14.7. The van der Waals surface area contributed by atoms with E-state index in [0.717, 1.165) is 58.8 Å². The predicted molar refractivity (Wildman–Crippen MR) is 307 cm³/mol. The average Bonchev–Trinajstić information content (AvgIpc) is 3.71. The Balaban J connectivity index is 1.02. The summed E-state index contributed by atoms with van der Waals surface area (Å²) in [7, 11) is -2.24. The van der Waals surface area contributed by atoms with Crippen LogP contribution in [0.3, 0.4) is 0 Å². The lowest BCUT2D eigenvalue weighted by Crippen LogP contribution is -2.57. The standard InChI is InChI=1S/C66H88O11Si/c1-6-78(7-2,8-3)77-59-37-36-57(71-46-52-29-18-11-19-30-52)61(49-70-45-51-27-16-10-17-28-51)74-64(59)56(68)41-55(67)43-66(5)62(73-48-54-33-22-13-23-34-54)38-39-65(4)63(76-66)42-60(72-47-53-31-20-12-21-32-53)58(75-65)35-24-40-69-44-50-25-14-9-15-26-50/h9-23,25-34,56-64,68H,6-8,24,35-49H2,1-5H3/t56-,57-,58-,59+,60+,61+,62-,63-,64-,65+,66+/m0/s1. The highest BCUT2D eigenvalue weighted by molar-refractivity contribution is 6.73. The zero-order chi connectivity index (χ0) is 54.6. The highest BCUT2D eigenvalue weighted by Gasteiger charge is 2.54. The molecule has 3 heterocycles. The number of aliphatic hydroxyl groups excluding tert-OH is 1. The zero-order valence-corrected chi connectivity index (χ0v) is 48.1. The molecule has 0 saturated carbocycles. The number of carbonyl (C=O) groups excluding carboxylic acids is 1. The molecule has 0 aromatic heterocycles. The third-order valence-electron chi connectivity index (χ3n) is 16.7. The third-order valence-corrected chi connectivity index (χ3v) is 21.4. The van der Waals surface area contributed by atoms with E-state index in [2.05, 4.69) is 76.2 Å². The second kappa shape index (κ2) is 29.9. The molecular formula is C66H88O11Si. The number of hydrogen-bond acceptors (Lipinski definition) is 11. The van der Waals surface area contributed by atoms with Gasteiger partial charge in [-0.1, -0.05) is 172 Å². The van der Waals surface area contributed by atoms with E-state index in [0.29, 0.717) is 71.7 Å². The van der Waals surface area contributed by atoms with Crippen molar-refractivity contribution in [2.45, 2.75) is 210 Å². The fraction of sp³-hybridized carbons (Fsp3) is 0.530. The first-order valence-electron chi connectivity index (χ1n) is 29.1. The normalized spacial score (nSPS) is 27.1. The highest BCUT2D eigenvalue weighted by Crippen LogP contribution is 2.46. The van der Waals surface area contributed by atoms with Gasteiger partial charge in [0.1, 0.15) is 18.0 Å². The Bertz CT molecular complexity index is 2460. The number of aliphatic hydroxyl groups is 1. The Hall–Kier alpha value is -4.41. The number of fused-ring (bicyclic) bond motifs is 1. The molecule has 422 valence electrons. The number of ketones is 1. The average molecular weight is 1090 g/mol. The van der Waals surface area contributed by atoms with E-state index in [-0.39, 0.29) is 43.5 Å². The lowest BCUT2D eigenvalue weighted by atomic mass is 9.83. The molecule has 3 aliphatic heterocycles. The minimum absolute atomic E-state index is 0.00998. The summed E-state index contributed by atoms with van der Waals surface area (Å²) in [6.45, 7) is 13.8. The molecule has 12 heteroatoms. The summed E-state index contributed by atoms with van der Waals surface area (Å²) in [5, 5.41) is 12.7. The maximum Gasteiger partial charge on any atom is 0.192 e. The molecule has 0 amide bonds. The summed E-state index contributed by atoms with van der Waals surface area (Å²) < 4.78 is 62.0. The number of hydrogen-bond donors (Lipinski definition) is 1. The van der Waals surface area contributed by atoms with Crippen molar-refractivity contribution in [2.24, 2.45) is 0 Å². The van der Waals surface area contributed by atoms with Gasteiger partial charge in [-0.3, -0.25) is 4.79 Å². The molecular weight excluding hydrogens is 997 g/mol. The first kappa shape index (κ1) is 59.7. The van der Waals surface area contributed by atoms with Gasteiger partial charge in [-0.2, -0.15) is 0 Å². The largest absolute Gasteiger partial charge is 0.411 e. The van der Waals surface area contributed by atoms with Crippen molar-refractivity contribution in [3.05, 3.63) is 179 Å². The van der Waals surface area contributed by atoms with Crippen LogP contribution in [-0.4, -0.2) is 98.6 Å². The second-order valence-corrected chi connectivity index (χ2v) is 27.1. The summed E-state index contributed by atoms with van der Waals surface area (Å²) in [5.74, 6) is -0.144. The van der Waals surface area contributed by atoms with E-state index in [1.165, 1.54) is 0 Å². The van der Waals surface area contributed by atoms with Crippen LogP contribution in [0.25, 0.3) is 0 Å². The van der Waals surface area contributed by atoms with E-state index in [9.17, 15) is 5.11 Å². The first-order chi connectivity index (χ1) is 38.0. The number of benzene rings is 5. The number of carbonyl (C=O) groups is 1. The van der Waals surface area contributed by atoms with Gasteiger partial charge >= 0.3 is 0 Å². The van der Waals surface area contributed by atoms with Gasteiger partial charge in [0.05, 0.1) is 93.6 Å². The smallest absolute Gasteiger partial charge is 0.192 e. The molecule has 0 aliphatic carbocycles. The summed E-state index contributed by atoms with van der Waals surface area (Å²) in [5.41, 5.74) is 3.60. The Morgan fingerprint density at radius 3 is 1.63 bits per heavy atom. The first-order valence-corrected chi connectivity index (χ1v) is 31.6. The molecule has 3 saturated heterocycles. The van der Waals surface area contributed by atoms with E-state index in [4.69, 9.17) is 42.3 Å². The monoisotopic (exact) mass is 1080 g/mol. The van der Waals surface area contributed by atoms with Gasteiger partial charge in [-0.15, -0.1) is 0 Å². The Morgan fingerprint density at radius 1 is 0.603 bits per heavy atom. The topological polar surface area (TPSA) is 120 Å². The lowest BCUT2D eigenvalue weighted by Gasteiger charge is -2.49. The molecule has 3 aliphatic rings. The molecule has 0 unspecified atom stereocenters. The van der Waals surface area contributed by atoms with Gasteiger partial charge in [-0.25, -0.2) is 0 Å². The summed E-state index contributed by atoms with van der Waals surface area (Å²) >= 11 is 0. The summed E-state index contributed by atoms with van der Waals surface area (Å²) in [6, 6.07) is 53.6. The van der Waals surface area contributed by atoms with Crippen LogP contribution in [0.1, 0.15) is 120 Å². The van der Waals surface area contributed by atoms with Crippen molar-refractivity contribution < 1.29 is 52.2 Å². The molecule has 0 bridgehead atoms. The molecule has 5 aromatic carbocycles. The van der Waals surface area contributed by atoms with Gasteiger partial charge in [-0.05, 0) is 98.3 Å². The molecule has 78 heavy (non-hydrogen) atoms. The van der Waals surface area contributed by atoms with Crippen LogP contribution in [0.15, 0.2) is 152 Å². The summed E-state index contributed by atoms with van der Waals surface area (Å²) in [4.78, 5) is 15.1. The fourth-order valence-electron chi connectivity index (χ4n) is 11.8. The molecule has 11 nitrogen and oxygen atoms in total. The Kier molecular flexibility index (Phi) is 22.9. The van der Waals surface area contributed by atoms with Gasteiger partial charge in [0.25, 0.3) is 0 Å². The van der Waals surface area contributed by atoms with Crippen LogP contribution in [0.4, 0.5) is 0 Å². The molecule has 8 rings (SSSR count). The molecule has 5 aromatic rings. The zero-order valence-electron chi connectivity index (χ0n) is 47.1. The third kappa shape index (κ3) is 17.1. The number of Topliss-reactive ketones (excluding diaryl/α,β-unsaturated/α-hetero) is 1. The lowest BCUT2D eigenvalue weighted by molar-refractivity contribution is -0.266. The molecule has 0 radical (unpaired) electrons. The van der Waals surface area contributed by atoms with E-state index in [1.54, 1.807) is 0 Å². The van der Waals surface area contributed by atoms with Crippen molar-refractivity contribution >= 4 is 14.1 Å². The number of rotatable bonds is 29. The molecule has 3 fully saturated rings. The summed E-state index contributed by atoms with van der Waals surface area (Å²) in [6.07, 6.45) is -0.210. The van der Waals surface area contributed by atoms with Gasteiger partial charge in [0, 0.05) is 25.9 Å². The number of ether oxygens (including phenoxy) is 8. The molecule has 11 atom stereocenters. The van der Waals surface area contributed by atoms with Crippen molar-refractivity contribution in [1.29, 1.82) is 0 Å². The quantitative estimate of drug-likeness (QED) is 0.0364. The van der Waals surface area contributed by atoms with Crippen LogP contribution < -0.4 is 0 Å². The molecule has 0 spiro atoms. The van der Waals surface area contributed by atoms with E-state index >= 15 is 4.79 Å². The van der Waals surface area contributed by atoms with E-state index < -0.39 is 56.1 Å². The molecule has 1 N–H and O–H groups in total. The van der Waals surface area contributed by atoms with Crippen molar-refractivity contribution in [2.75, 3.05) is 13.2 Å². The maximum atomic E-state index is 15.1. The maximum absolute atomic E-state index is 15.1. The van der Waals surface area contributed by atoms with Crippen molar-refractivity contribution in [3.8, 4) is 0 Å². The predicted octanol–water partition coefficient (Wildman–Crippen LogP) is 13.1. The van der Waals surface area contributed by atoms with Gasteiger partial charge in [0.2, 0.25) is 0 Å². The Labute approximate surface area is 466 Å². The minimum atomic E-state index is -2.24. The van der Waals surface area contributed by atoms with Crippen LogP contribution in [0.2, 0.25) is 18.1 Å². The second-order valence-electron chi connectivity index (χ2n) is 22.4. The van der Waals surface area contributed by atoms with Crippen LogP contribution in [0.5, 0.6) is 0 Å². The Morgan fingerprint density at radius 2 is 1.09 bits per heavy atom. The van der Waals surface area contributed by atoms with E-state index in [1.807, 2.05) is 110 Å². The van der Waals surface area contributed by atoms with Crippen LogP contribution in [0, 0.1) is 0 Å². The minimum Gasteiger partial charge on any atom is -0.411 e.